The van der Waals surface area contributed by atoms with Gasteiger partial charge in [0, 0.05) is 24.8 Å². The van der Waals surface area contributed by atoms with Crippen molar-refractivity contribution in [2.24, 2.45) is 7.05 Å². The number of ether oxygens (including phenoxy) is 1. The summed E-state index contributed by atoms with van der Waals surface area (Å²) in [6.45, 7) is 7.76. The van der Waals surface area contributed by atoms with Crippen molar-refractivity contribution >= 4 is 5.69 Å². The number of nitrogens with one attached hydrogen (secondary N) is 1. The summed E-state index contributed by atoms with van der Waals surface area (Å²) in [5.74, 6) is 0.924. The second-order valence-corrected chi connectivity index (χ2v) is 5.08. The van der Waals surface area contributed by atoms with Crippen molar-refractivity contribution in [2.45, 2.75) is 33.7 Å². The summed E-state index contributed by atoms with van der Waals surface area (Å²) in [5.41, 5.74) is 4.63. The van der Waals surface area contributed by atoms with Gasteiger partial charge in [-0.3, -0.25) is 4.68 Å². The number of anilines is 1. The van der Waals surface area contributed by atoms with Crippen molar-refractivity contribution in [3.8, 4) is 5.75 Å². The normalized spacial score (nSPS) is 10.6. The summed E-state index contributed by atoms with van der Waals surface area (Å²) in [6, 6.07) is 6.25. The topological polar surface area (TPSA) is 39.1 Å². The van der Waals surface area contributed by atoms with Crippen LogP contribution in [0.25, 0.3) is 0 Å². The van der Waals surface area contributed by atoms with Crippen LogP contribution < -0.4 is 10.1 Å². The zero-order valence-corrected chi connectivity index (χ0v) is 12.7. The predicted octanol–water partition coefficient (Wildman–Crippen LogP) is 3.44. The van der Waals surface area contributed by atoms with E-state index in [0.29, 0.717) is 0 Å². The van der Waals surface area contributed by atoms with E-state index >= 15 is 0 Å². The molecule has 0 atom stereocenters. The summed E-state index contributed by atoms with van der Waals surface area (Å²) < 4.78 is 7.70. The van der Waals surface area contributed by atoms with Gasteiger partial charge in [0.25, 0.3) is 0 Å². The molecule has 0 aliphatic heterocycles. The molecule has 1 aromatic carbocycles. The van der Waals surface area contributed by atoms with Crippen LogP contribution in [-0.2, 0) is 13.6 Å². The fraction of sp³-hybridized carbons (Fsp3) is 0.438. The van der Waals surface area contributed by atoms with Gasteiger partial charge >= 0.3 is 0 Å². The first-order valence-corrected chi connectivity index (χ1v) is 7.06. The molecular weight excluding hydrogens is 250 g/mol. The highest BCUT2D eigenvalue weighted by atomic mass is 16.5. The molecule has 108 valence electrons. The lowest BCUT2D eigenvalue weighted by molar-refractivity contribution is 0.318. The van der Waals surface area contributed by atoms with Gasteiger partial charge in [-0.05, 0) is 38.0 Å². The molecule has 2 rings (SSSR count). The number of hydrogen-bond acceptors (Lipinski definition) is 3. The summed E-state index contributed by atoms with van der Waals surface area (Å²) in [4.78, 5) is 0. The Labute approximate surface area is 120 Å². The van der Waals surface area contributed by atoms with Crippen LogP contribution in [-0.4, -0.2) is 16.4 Å². The van der Waals surface area contributed by atoms with E-state index in [0.717, 1.165) is 31.0 Å². The highest BCUT2D eigenvalue weighted by Crippen LogP contribution is 2.26. The van der Waals surface area contributed by atoms with E-state index in [2.05, 4.69) is 49.4 Å². The molecule has 0 spiro atoms. The van der Waals surface area contributed by atoms with Crippen LogP contribution in [0.15, 0.2) is 24.4 Å². The van der Waals surface area contributed by atoms with Crippen LogP contribution >= 0.6 is 0 Å². The molecule has 0 saturated carbocycles. The standard InChI is InChI=1S/C16H23N3O/c1-5-8-20-16-9-12(2)6-7-15(16)17-10-14-11-18-19(4)13(14)3/h6-7,9,11,17H,5,8,10H2,1-4H3. The Morgan fingerprint density at radius 2 is 2.10 bits per heavy atom. The third kappa shape index (κ3) is 3.32. The molecule has 0 radical (unpaired) electrons. The molecule has 2 aromatic rings. The monoisotopic (exact) mass is 273 g/mol. The van der Waals surface area contributed by atoms with E-state index in [9.17, 15) is 0 Å². The van der Waals surface area contributed by atoms with Crippen LogP contribution in [0, 0.1) is 13.8 Å². The maximum absolute atomic E-state index is 5.81. The zero-order valence-electron chi connectivity index (χ0n) is 12.7. The van der Waals surface area contributed by atoms with Gasteiger partial charge in [0.1, 0.15) is 5.75 Å². The Morgan fingerprint density at radius 3 is 2.75 bits per heavy atom. The van der Waals surface area contributed by atoms with E-state index in [-0.39, 0.29) is 0 Å². The maximum Gasteiger partial charge on any atom is 0.142 e. The SMILES string of the molecule is CCCOc1cc(C)ccc1NCc1cnn(C)c1C. The van der Waals surface area contributed by atoms with Gasteiger partial charge in [-0.1, -0.05) is 13.0 Å². The average molecular weight is 273 g/mol. The molecule has 4 nitrogen and oxygen atoms in total. The summed E-state index contributed by atoms with van der Waals surface area (Å²) in [6.07, 6.45) is 2.91. The van der Waals surface area contributed by atoms with Crippen LogP contribution in [0.5, 0.6) is 5.75 Å². The van der Waals surface area contributed by atoms with Crippen LogP contribution in [0.1, 0.15) is 30.2 Å². The highest BCUT2D eigenvalue weighted by Gasteiger charge is 2.07. The molecule has 0 fully saturated rings. The zero-order chi connectivity index (χ0) is 14.5. The Kier molecular flexibility index (Phi) is 4.66. The van der Waals surface area contributed by atoms with Crippen molar-refractivity contribution < 1.29 is 4.74 Å². The van der Waals surface area contributed by atoms with Gasteiger partial charge in [-0.15, -0.1) is 0 Å². The molecular formula is C16H23N3O. The smallest absolute Gasteiger partial charge is 0.142 e. The lowest BCUT2D eigenvalue weighted by Gasteiger charge is -2.13. The third-order valence-corrected chi connectivity index (χ3v) is 3.41. The van der Waals surface area contributed by atoms with Crippen molar-refractivity contribution in [1.82, 2.24) is 9.78 Å². The first-order chi connectivity index (χ1) is 9.61. The largest absolute Gasteiger partial charge is 0.491 e. The van der Waals surface area contributed by atoms with E-state index in [1.807, 2.05) is 17.9 Å². The fourth-order valence-electron chi connectivity index (χ4n) is 2.02. The summed E-state index contributed by atoms with van der Waals surface area (Å²) in [5, 5.41) is 7.70. The third-order valence-electron chi connectivity index (χ3n) is 3.41. The molecule has 0 unspecified atom stereocenters. The fourth-order valence-corrected chi connectivity index (χ4v) is 2.02. The van der Waals surface area contributed by atoms with Crippen LogP contribution in [0.2, 0.25) is 0 Å². The number of aryl methyl sites for hydroxylation is 2. The van der Waals surface area contributed by atoms with Crippen molar-refractivity contribution in [2.75, 3.05) is 11.9 Å². The van der Waals surface area contributed by atoms with Gasteiger partial charge < -0.3 is 10.1 Å². The van der Waals surface area contributed by atoms with Gasteiger partial charge in [0.2, 0.25) is 0 Å². The molecule has 1 heterocycles. The van der Waals surface area contributed by atoms with Crippen LogP contribution in [0.4, 0.5) is 5.69 Å². The van der Waals surface area contributed by atoms with Crippen molar-refractivity contribution in [3.05, 3.63) is 41.2 Å². The second kappa shape index (κ2) is 6.46. The Hall–Kier alpha value is -1.97. The summed E-state index contributed by atoms with van der Waals surface area (Å²) in [7, 11) is 1.96. The average Bonchev–Trinajstić information content (AvgIpc) is 2.75. The molecule has 0 aliphatic carbocycles. The van der Waals surface area contributed by atoms with E-state index < -0.39 is 0 Å². The molecule has 1 N–H and O–H groups in total. The van der Waals surface area contributed by atoms with Crippen LogP contribution in [0.3, 0.4) is 0 Å². The van der Waals surface area contributed by atoms with Gasteiger partial charge in [0.15, 0.2) is 0 Å². The minimum Gasteiger partial charge on any atom is -0.491 e. The summed E-state index contributed by atoms with van der Waals surface area (Å²) >= 11 is 0. The van der Waals surface area contributed by atoms with E-state index in [1.54, 1.807) is 0 Å². The minimum absolute atomic E-state index is 0.740. The molecule has 1 aromatic heterocycles. The number of hydrogen-bond donors (Lipinski definition) is 1. The van der Waals surface area contributed by atoms with Gasteiger partial charge in [-0.25, -0.2) is 0 Å². The highest BCUT2D eigenvalue weighted by molar-refractivity contribution is 5.58. The minimum atomic E-state index is 0.740. The first-order valence-electron chi connectivity index (χ1n) is 7.06. The Balaban J connectivity index is 2.10. The predicted molar refractivity (Wildman–Crippen MR) is 82.2 cm³/mol. The molecule has 0 bridgehead atoms. The van der Waals surface area contributed by atoms with Gasteiger partial charge in [0.05, 0.1) is 18.5 Å². The number of aromatic nitrogens is 2. The molecule has 0 aliphatic rings. The Morgan fingerprint density at radius 1 is 1.30 bits per heavy atom. The lowest BCUT2D eigenvalue weighted by Crippen LogP contribution is -2.04. The molecule has 0 saturated heterocycles. The van der Waals surface area contributed by atoms with Crippen molar-refractivity contribution in [1.29, 1.82) is 0 Å². The van der Waals surface area contributed by atoms with E-state index in [4.69, 9.17) is 4.74 Å². The maximum atomic E-state index is 5.81. The molecule has 20 heavy (non-hydrogen) atoms. The number of benzene rings is 1. The molecule has 0 amide bonds. The van der Waals surface area contributed by atoms with E-state index in [1.165, 1.54) is 16.8 Å². The first kappa shape index (κ1) is 14.4. The number of rotatable bonds is 6. The number of nitrogens with zero attached hydrogens (tertiary/aromatic N) is 2. The van der Waals surface area contributed by atoms with Gasteiger partial charge in [-0.2, -0.15) is 5.10 Å². The Bertz CT molecular complexity index is 575. The second-order valence-electron chi connectivity index (χ2n) is 5.08. The van der Waals surface area contributed by atoms with Crippen molar-refractivity contribution in [3.63, 3.8) is 0 Å². The molecule has 4 heteroatoms. The quantitative estimate of drug-likeness (QED) is 0.876. The lowest BCUT2D eigenvalue weighted by atomic mass is 10.2.